The zero-order valence-corrected chi connectivity index (χ0v) is 47.6. The van der Waals surface area contributed by atoms with Gasteiger partial charge in [0.25, 0.3) is 40.5 Å². The molecule has 0 aromatic heterocycles. The zero-order chi connectivity index (χ0) is 45.5. The van der Waals surface area contributed by atoms with Crippen LogP contribution in [0, 0.1) is 13.8 Å². The van der Waals surface area contributed by atoms with Gasteiger partial charge >= 0.3 is 6.03 Å². The molecule has 29 heteroatoms. The summed E-state index contributed by atoms with van der Waals surface area (Å²) in [6, 6.07) is 16.2. The first-order valence-electron chi connectivity index (χ1n) is 17.2. The number of carbonyl (C=O) groups is 1. The number of fused-ring (bicyclic) bond motifs is 2. The average Bonchev–Trinajstić information content (AvgIpc) is 3.17. The first-order chi connectivity index (χ1) is 28.9. The number of hydrogen-bond acceptors (Lipinski definition) is 15. The second kappa shape index (κ2) is 23.4. The summed E-state index contributed by atoms with van der Waals surface area (Å²) in [7, 11) is -16.8. The van der Waals surface area contributed by atoms with E-state index in [0.29, 0.717) is 11.1 Å². The summed E-state index contributed by atoms with van der Waals surface area (Å²) in [5, 5.41) is 20.7. The van der Waals surface area contributed by atoms with E-state index in [-0.39, 0.29) is 185 Å². The Hall–Kier alpha value is -2.45. The van der Waals surface area contributed by atoms with E-state index >= 15 is 0 Å². The number of carbonyl (C=O) groups excluding carboxylic acids is 1. The first kappa shape index (κ1) is 59.7. The van der Waals surface area contributed by atoms with Gasteiger partial charge in [-0.05, 0) is 73.5 Å². The molecule has 2 amide bonds. The van der Waals surface area contributed by atoms with Crippen molar-refractivity contribution in [1.82, 2.24) is 0 Å². The van der Waals surface area contributed by atoms with Gasteiger partial charge in [0, 0.05) is 152 Å². The van der Waals surface area contributed by atoms with Crippen molar-refractivity contribution in [2.24, 2.45) is 20.5 Å². The molecule has 21 nitrogen and oxygen atoms in total. The van der Waals surface area contributed by atoms with Crippen LogP contribution in [0.5, 0.6) is 11.5 Å². The number of methoxy groups -OCH3 is 2. The predicted octanol–water partition coefficient (Wildman–Crippen LogP) is 6.57. The van der Waals surface area contributed by atoms with Gasteiger partial charge in [0.15, 0.2) is 0 Å². The van der Waals surface area contributed by atoms with Crippen molar-refractivity contribution in [1.29, 1.82) is 0 Å². The van der Waals surface area contributed by atoms with E-state index in [0.717, 1.165) is 36.4 Å². The smallest absolute Gasteiger partial charge is 0.323 e. The Balaban J connectivity index is 0.00000374. The molecule has 6 N–H and O–H groups in total. The number of anilines is 2. The van der Waals surface area contributed by atoms with Crippen LogP contribution in [-0.4, -0.2) is 190 Å². The molecular weight excluding hydrogens is 989 g/mol. The van der Waals surface area contributed by atoms with Crippen LogP contribution >= 0.6 is 0 Å². The van der Waals surface area contributed by atoms with Crippen molar-refractivity contribution in [3.05, 3.63) is 96.1 Å². The van der Waals surface area contributed by atoms with Crippen LogP contribution in [-0.2, 0) is 40.5 Å². The van der Waals surface area contributed by atoms with Crippen LogP contribution in [0.1, 0.15) is 11.1 Å². The van der Waals surface area contributed by atoms with Gasteiger partial charge in [-0.15, -0.1) is 0 Å². The molecule has 0 unspecified atom stereocenters. The van der Waals surface area contributed by atoms with Gasteiger partial charge in [0.2, 0.25) is 0 Å². The molecule has 0 atom stereocenters. The zero-order valence-electron chi connectivity index (χ0n) is 36.3. The average molecular weight is 1020 g/mol. The maximum atomic E-state index is 13.3. The maximum absolute atomic E-state index is 13.3. The summed E-state index contributed by atoms with van der Waals surface area (Å²) in [5.74, 6) is 0.193. The third kappa shape index (κ3) is 13.9. The number of aryl methyl sites for hydroxylation is 2. The molecule has 0 fully saturated rings. The first-order valence-corrected chi connectivity index (χ1v) is 23.0. The van der Waals surface area contributed by atoms with E-state index in [2.05, 4.69) is 31.1 Å². The normalized spacial score (nSPS) is 11.9. The Morgan fingerprint density at radius 1 is 0.470 bits per heavy atom. The number of nitrogens with zero attached hydrogens (tertiary/aromatic N) is 4. The van der Waals surface area contributed by atoms with Crippen LogP contribution in [0.25, 0.3) is 21.5 Å². The molecule has 0 aliphatic heterocycles. The molecule has 66 heavy (non-hydrogen) atoms. The molecule has 0 aliphatic carbocycles. The number of urea groups is 1. The molecular formula is C37H32N6Na4O15S4. The maximum Gasteiger partial charge on any atom is 0.323 e. The minimum Gasteiger partial charge on any atom is -0.494 e. The van der Waals surface area contributed by atoms with Crippen molar-refractivity contribution in [3.63, 3.8) is 0 Å². The van der Waals surface area contributed by atoms with Gasteiger partial charge in [-0.1, -0.05) is 24.3 Å². The SMILES string of the molecule is COc1cc(N=Nc2cc(S(=O)(=O)O)c3cccc(S(=O)(=O)O)c3c2)c(C)cc1NC(=O)Nc1cc(C)c(N=Nc2cc(S(=O)(=O)O)c3cccc(S(=O)(=O)O)c3c2)cc1OC.[Na].[Na].[Na].[Na]. The number of amides is 2. The third-order valence-electron chi connectivity index (χ3n) is 9.00. The van der Waals surface area contributed by atoms with Gasteiger partial charge in [0.05, 0.1) is 48.3 Å². The summed E-state index contributed by atoms with van der Waals surface area (Å²) < 4.78 is 147. The Bertz CT molecular complexity index is 3180. The largest absolute Gasteiger partial charge is 0.494 e. The molecule has 328 valence electrons. The van der Waals surface area contributed by atoms with E-state index in [1.807, 2.05) is 0 Å². The van der Waals surface area contributed by atoms with E-state index in [9.17, 15) is 56.7 Å². The van der Waals surface area contributed by atoms with Crippen LogP contribution in [0.2, 0.25) is 0 Å². The van der Waals surface area contributed by atoms with Crippen molar-refractivity contribution >= 4 is 220 Å². The van der Waals surface area contributed by atoms with E-state index in [1.165, 1.54) is 62.8 Å². The van der Waals surface area contributed by atoms with Crippen molar-refractivity contribution in [2.45, 2.75) is 33.4 Å². The molecule has 0 aliphatic rings. The van der Waals surface area contributed by atoms with Gasteiger partial charge in [-0.2, -0.15) is 54.1 Å². The van der Waals surface area contributed by atoms with Crippen molar-refractivity contribution in [2.75, 3.05) is 24.9 Å². The Morgan fingerprint density at radius 2 is 0.803 bits per heavy atom. The Kier molecular flexibility index (Phi) is 21.2. The molecule has 6 rings (SSSR count). The van der Waals surface area contributed by atoms with Gasteiger partial charge in [-0.25, -0.2) is 4.79 Å². The summed E-state index contributed by atoms with van der Waals surface area (Å²) in [6.07, 6.45) is 0. The summed E-state index contributed by atoms with van der Waals surface area (Å²) in [6.45, 7) is 3.21. The number of nitrogens with one attached hydrogen (secondary N) is 2. The summed E-state index contributed by atoms with van der Waals surface area (Å²) in [5.41, 5.74) is 1.11. The second-order valence-electron chi connectivity index (χ2n) is 13.1. The number of azo groups is 2. The molecule has 6 aromatic carbocycles. The van der Waals surface area contributed by atoms with E-state index < -0.39 is 66.1 Å². The molecule has 0 spiro atoms. The molecule has 0 saturated carbocycles. The standard InChI is InChI=1S/C37H32N6O15S4.4Na/c1-19-11-29(31(57-3)17-27(19)42-40-21-13-25-23(35(15-21)61(51,52)53)7-5-9-33(25)59(45,46)47)38-37(44)39-30-12-20(2)28(18-32(30)58-4)43-41-22-14-26-24(36(16-22)62(54,55)56)8-6-10-34(26)60(48,49)50;;;;/h5-18H,1-4H3,(H2,38,39,44)(H,45,46,47)(H,48,49,50)(H,51,52,53)(H,54,55,56);;;;. The predicted molar refractivity (Wildman–Crippen MR) is 247 cm³/mol. The quantitative estimate of drug-likeness (QED) is 0.0429. The van der Waals surface area contributed by atoms with Crippen LogP contribution in [0.4, 0.5) is 38.9 Å². The van der Waals surface area contributed by atoms with E-state index in [4.69, 9.17) is 9.47 Å². The van der Waals surface area contributed by atoms with Gasteiger partial charge < -0.3 is 20.1 Å². The molecule has 6 aromatic rings. The Labute approximate surface area is 466 Å². The van der Waals surface area contributed by atoms with Crippen molar-refractivity contribution in [3.8, 4) is 11.5 Å². The monoisotopic (exact) mass is 1020 g/mol. The molecule has 0 bridgehead atoms. The van der Waals surface area contributed by atoms with Crippen molar-refractivity contribution < 1.29 is 66.2 Å². The topological polar surface area (TPSA) is 327 Å². The van der Waals surface area contributed by atoms with Crippen LogP contribution in [0.15, 0.2) is 125 Å². The number of rotatable bonds is 12. The van der Waals surface area contributed by atoms with E-state index in [1.54, 1.807) is 13.8 Å². The summed E-state index contributed by atoms with van der Waals surface area (Å²) >= 11 is 0. The number of ether oxygens (including phenoxy) is 2. The number of benzene rings is 6. The molecule has 0 heterocycles. The van der Waals surface area contributed by atoms with Crippen LogP contribution < -0.4 is 20.1 Å². The fourth-order valence-corrected chi connectivity index (χ4v) is 9.06. The Morgan fingerprint density at radius 3 is 1.11 bits per heavy atom. The second-order valence-corrected chi connectivity index (χ2v) is 18.7. The molecule has 0 saturated heterocycles. The fourth-order valence-electron chi connectivity index (χ4n) is 6.21. The number of hydrogen-bond donors (Lipinski definition) is 6. The van der Waals surface area contributed by atoms with Gasteiger partial charge in [-0.3, -0.25) is 18.2 Å². The third-order valence-corrected chi connectivity index (χ3v) is 12.6. The minimum atomic E-state index is -4.90. The van der Waals surface area contributed by atoms with Crippen LogP contribution in [0.3, 0.4) is 0 Å². The molecule has 4 radical (unpaired) electrons. The summed E-state index contributed by atoms with van der Waals surface area (Å²) in [4.78, 5) is 10.7. The minimum absolute atomic E-state index is 0. The van der Waals surface area contributed by atoms with Gasteiger partial charge in [0.1, 0.15) is 31.1 Å². The fraction of sp³-hybridized carbons (Fsp3) is 0.108.